The number of rotatable bonds is 3. The molecule has 26 heavy (non-hydrogen) atoms. The zero-order valence-electron chi connectivity index (χ0n) is 14.2. The molecule has 1 atom stereocenters. The van der Waals surface area contributed by atoms with E-state index in [4.69, 9.17) is 0 Å². The van der Waals surface area contributed by atoms with Crippen LogP contribution in [-0.4, -0.2) is 22.7 Å². The molecule has 6 nitrogen and oxygen atoms in total. The minimum atomic E-state index is -1.67. The first kappa shape index (κ1) is 16.1. The van der Waals surface area contributed by atoms with Crippen molar-refractivity contribution in [3.63, 3.8) is 0 Å². The Kier molecular flexibility index (Phi) is 3.44. The van der Waals surface area contributed by atoms with E-state index in [0.717, 1.165) is 16.7 Å². The zero-order chi connectivity index (χ0) is 18.5. The highest BCUT2D eigenvalue weighted by Gasteiger charge is 2.63. The maximum atomic E-state index is 12.8. The van der Waals surface area contributed by atoms with Crippen molar-refractivity contribution < 1.29 is 14.4 Å². The van der Waals surface area contributed by atoms with E-state index >= 15 is 0 Å². The zero-order valence-corrected chi connectivity index (χ0v) is 14.2. The summed E-state index contributed by atoms with van der Waals surface area (Å²) < 4.78 is 0. The third kappa shape index (κ3) is 2.08. The Morgan fingerprint density at radius 3 is 2.42 bits per heavy atom. The van der Waals surface area contributed by atoms with Crippen LogP contribution in [0.2, 0.25) is 0 Å². The molecule has 2 heterocycles. The van der Waals surface area contributed by atoms with Gasteiger partial charge < -0.3 is 5.32 Å². The summed E-state index contributed by atoms with van der Waals surface area (Å²) in [6.07, 6.45) is 1.72. The van der Waals surface area contributed by atoms with Crippen molar-refractivity contribution >= 4 is 29.6 Å². The number of carbonyl (C=O) groups is 3. The highest BCUT2D eigenvalue weighted by atomic mass is 16.2. The average molecular weight is 347 g/mol. The molecule has 1 spiro atoms. The summed E-state index contributed by atoms with van der Waals surface area (Å²) in [6.45, 7) is 5.73. The lowest BCUT2D eigenvalue weighted by molar-refractivity contribution is -0.137. The Morgan fingerprint density at radius 2 is 1.73 bits per heavy atom. The molecular weight excluding hydrogens is 330 g/mol. The molecule has 0 bridgehead atoms. The second-order valence-corrected chi connectivity index (χ2v) is 6.50. The third-order valence-corrected chi connectivity index (χ3v) is 4.90. The maximum absolute atomic E-state index is 12.8. The number of urea groups is 1. The fourth-order valence-corrected chi connectivity index (χ4v) is 3.56. The average Bonchev–Trinajstić information content (AvgIpc) is 3.05. The number of aryl methyl sites for hydroxylation is 1. The number of benzene rings is 2. The van der Waals surface area contributed by atoms with Crippen molar-refractivity contribution in [2.75, 3.05) is 5.32 Å². The molecule has 0 aliphatic carbocycles. The van der Waals surface area contributed by atoms with Crippen LogP contribution >= 0.6 is 0 Å². The topological polar surface area (TPSA) is 78.5 Å². The molecule has 0 saturated carbocycles. The van der Waals surface area contributed by atoms with Crippen LogP contribution in [0.5, 0.6) is 0 Å². The number of hydrogen-bond donors (Lipinski definition) is 2. The van der Waals surface area contributed by atoms with Crippen molar-refractivity contribution in [1.29, 1.82) is 0 Å². The lowest BCUT2D eigenvalue weighted by Gasteiger charge is -2.30. The molecule has 6 heteroatoms. The Bertz CT molecular complexity index is 965. The van der Waals surface area contributed by atoms with E-state index in [1.807, 2.05) is 37.3 Å². The fourth-order valence-electron chi connectivity index (χ4n) is 3.56. The monoisotopic (exact) mass is 347 g/mol. The summed E-state index contributed by atoms with van der Waals surface area (Å²) in [7, 11) is 0. The first-order valence-corrected chi connectivity index (χ1v) is 8.24. The van der Waals surface area contributed by atoms with Crippen molar-refractivity contribution in [3.8, 4) is 0 Å². The van der Waals surface area contributed by atoms with Crippen LogP contribution in [0.25, 0.3) is 6.08 Å². The third-order valence-electron chi connectivity index (χ3n) is 4.90. The van der Waals surface area contributed by atoms with E-state index in [9.17, 15) is 14.4 Å². The standard InChI is InChI=1S/C20H17N3O3/c1-3-13-5-7-14(8-6-13)11-23-19(26)22-18(25)20(23)15-10-12(2)4-9-16(15)21-17(20)24/h3-10H,1,11H2,2H3,(H,21,24)(H,22,25,26)/t20-/m1/s1. The predicted octanol–water partition coefficient (Wildman–Crippen LogP) is 2.54. The van der Waals surface area contributed by atoms with Gasteiger partial charge in [-0.3, -0.25) is 19.8 Å². The van der Waals surface area contributed by atoms with Crippen LogP contribution in [0.15, 0.2) is 49.0 Å². The van der Waals surface area contributed by atoms with Crippen LogP contribution < -0.4 is 10.6 Å². The van der Waals surface area contributed by atoms with Gasteiger partial charge in [-0.15, -0.1) is 0 Å². The van der Waals surface area contributed by atoms with Gasteiger partial charge in [-0.05, 0) is 24.1 Å². The Morgan fingerprint density at radius 1 is 1.04 bits per heavy atom. The Balaban J connectivity index is 1.82. The molecule has 4 amide bonds. The van der Waals surface area contributed by atoms with Crippen LogP contribution in [-0.2, 0) is 21.7 Å². The highest BCUT2D eigenvalue weighted by Crippen LogP contribution is 2.44. The van der Waals surface area contributed by atoms with Gasteiger partial charge in [-0.2, -0.15) is 0 Å². The van der Waals surface area contributed by atoms with E-state index in [2.05, 4.69) is 17.2 Å². The molecule has 130 valence electrons. The summed E-state index contributed by atoms with van der Waals surface area (Å²) in [5.41, 5.74) is 2.06. The second-order valence-electron chi connectivity index (χ2n) is 6.50. The summed E-state index contributed by atoms with van der Waals surface area (Å²) >= 11 is 0. The van der Waals surface area contributed by atoms with Gasteiger partial charge in [-0.25, -0.2) is 4.79 Å². The lowest BCUT2D eigenvalue weighted by Crippen LogP contribution is -2.51. The number of nitrogens with zero attached hydrogens (tertiary/aromatic N) is 1. The summed E-state index contributed by atoms with van der Waals surface area (Å²) in [5, 5.41) is 5.04. The van der Waals surface area contributed by atoms with Gasteiger partial charge in [0.25, 0.3) is 11.8 Å². The minimum Gasteiger partial charge on any atom is -0.323 e. The molecule has 0 unspecified atom stereocenters. The van der Waals surface area contributed by atoms with Crippen LogP contribution in [0.3, 0.4) is 0 Å². The minimum absolute atomic E-state index is 0.135. The van der Waals surface area contributed by atoms with E-state index in [1.54, 1.807) is 18.2 Å². The molecule has 2 aliphatic heterocycles. The number of anilines is 1. The quantitative estimate of drug-likeness (QED) is 0.661. The van der Waals surface area contributed by atoms with Crippen molar-refractivity contribution in [3.05, 3.63) is 71.3 Å². The normalized spacial score (nSPS) is 21.0. The van der Waals surface area contributed by atoms with E-state index in [1.165, 1.54) is 4.90 Å². The van der Waals surface area contributed by atoms with Gasteiger partial charge in [0.15, 0.2) is 0 Å². The molecule has 2 aromatic carbocycles. The van der Waals surface area contributed by atoms with Crippen LogP contribution in [0.4, 0.5) is 10.5 Å². The van der Waals surface area contributed by atoms with Gasteiger partial charge in [-0.1, -0.05) is 54.6 Å². The van der Waals surface area contributed by atoms with Crippen molar-refractivity contribution in [1.82, 2.24) is 10.2 Å². The molecule has 0 radical (unpaired) electrons. The van der Waals surface area contributed by atoms with Crippen molar-refractivity contribution in [2.24, 2.45) is 0 Å². The fraction of sp³-hybridized carbons (Fsp3) is 0.150. The molecular formula is C20H17N3O3. The highest BCUT2D eigenvalue weighted by molar-refractivity contribution is 6.26. The lowest BCUT2D eigenvalue weighted by atomic mass is 9.88. The summed E-state index contributed by atoms with van der Waals surface area (Å²) in [6, 6.07) is 12.3. The van der Waals surface area contributed by atoms with Crippen LogP contribution in [0.1, 0.15) is 22.3 Å². The molecule has 1 saturated heterocycles. The molecule has 2 N–H and O–H groups in total. The van der Waals surface area contributed by atoms with E-state index in [0.29, 0.717) is 11.3 Å². The van der Waals surface area contributed by atoms with Gasteiger partial charge in [0.2, 0.25) is 5.54 Å². The number of amides is 4. The van der Waals surface area contributed by atoms with E-state index < -0.39 is 23.4 Å². The number of carbonyl (C=O) groups excluding carboxylic acids is 3. The van der Waals surface area contributed by atoms with Gasteiger partial charge in [0.05, 0.1) is 0 Å². The second kappa shape index (κ2) is 5.56. The number of hydrogen-bond acceptors (Lipinski definition) is 3. The smallest absolute Gasteiger partial charge is 0.323 e. The number of nitrogens with one attached hydrogen (secondary N) is 2. The van der Waals surface area contributed by atoms with Gasteiger partial charge in [0, 0.05) is 17.8 Å². The SMILES string of the molecule is C=Cc1ccc(CN2C(=O)NC(=O)[C@@]23C(=O)Nc2ccc(C)cc23)cc1. The first-order valence-electron chi connectivity index (χ1n) is 8.24. The molecule has 2 aromatic rings. The number of imide groups is 1. The first-order chi connectivity index (χ1) is 12.5. The Hall–Kier alpha value is -3.41. The van der Waals surface area contributed by atoms with E-state index in [-0.39, 0.29) is 6.54 Å². The number of fused-ring (bicyclic) bond motifs is 2. The molecule has 2 aliphatic rings. The molecule has 1 fully saturated rings. The van der Waals surface area contributed by atoms with Crippen LogP contribution in [0, 0.1) is 6.92 Å². The largest absolute Gasteiger partial charge is 0.326 e. The van der Waals surface area contributed by atoms with Gasteiger partial charge in [0.1, 0.15) is 0 Å². The Labute approximate surface area is 150 Å². The summed E-state index contributed by atoms with van der Waals surface area (Å²) in [5.74, 6) is -1.13. The molecule has 4 rings (SSSR count). The van der Waals surface area contributed by atoms with Gasteiger partial charge >= 0.3 is 6.03 Å². The predicted molar refractivity (Wildman–Crippen MR) is 97.1 cm³/mol. The summed E-state index contributed by atoms with van der Waals surface area (Å²) in [4.78, 5) is 39.4. The van der Waals surface area contributed by atoms with Crippen molar-refractivity contribution in [2.45, 2.75) is 19.0 Å². The maximum Gasteiger partial charge on any atom is 0.326 e. The molecule has 0 aromatic heterocycles.